The van der Waals surface area contributed by atoms with Gasteiger partial charge in [0, 0.05) is 35.6 Å². The number of aromatic amines is 1. The summed E-state index contributed by atoms with van der Waals surface area (Å²) in [7, 11) is 1.79. The van der Waals surface area contributed by atoms with Gasteiger partial charge >= 0.3 is 5.69 Å². The molecule has 1 fully saturated rings. The Morgan fingerprint density at radius 3 is 2.52 bits per heavy atom. The predicted octanol–water partition coefficient (Wildman–Crippen LogP) is 5.67. The maximum absolute atomic E-state index is 13.7. The van der Waals surface area contributed by atoms with Crippen molar-refractivity contribution >= 4 is 44.3 Å². The van der Waals surface area contributed by atoms with Crippen LogP contribution in [0.5, 0.6) is 0 Å². The third kappa shape index (κ3) is 4.03. The predicted molar refractivity (Wildman–Crippen MR) is 177 cm³/mol. The van der Waals surface area contributed by atoms with E-state index in [9.17, 15) is 9.59 Å². The zero-order valence-electron chi connectivity index (χ0n) is 25.0. The highest BCUT2D eigenvalue weighted by Gasteiger charge is 2.40. The Balaban J connectivity index is 1.10. The Morgan fingerprint density at radius 1 is 0.870 bits per heavy atom. The number of para-hydroxylation sites is 1. The molecule has 1 N–H and O–H groups in total. The van der Waals surface area contributed by atoms with Gasteiger partial charge in [0.15, 0.2) is 0 Å². The van der Waals surface area contributed by atoms with E-state index in [0.29, 0.717) is 0 Å². The smallest absolute Gasteiger partial charge is 0.326 e. The van der Waals surface area contributed by atoms with Crippen LogP contribution in [0.1, 0.15) is 35.4 Å². The molecule has 9 rings (SSSR count). The summed E-state index contributed by atoms with van der Waals surface area (Å²) in [5, 5.41) is 8.52. The number of nitrogens with one attached hydrogen (secondary N) is 1. The molecule has 0 aliphatic carbocycles. The molecule has 1 amide bonds. The third-order valence-corrected chi connectivity index (χ3v) is 9.55. The fourth-order valence-corrected chi connectivity index (χ4v) is 7.26. The van der Waals surface area contributed by atoms with Gasteiger partial charge in [0.2, 0.25) is 5.82 Å². The van der Waals surface area contributed by atoms with E-state index in [0.717, 1.165) is 74.5 Å². The maximum atomic E-state index is 13.7. The molecule has 0 saturated carbocycles. The van der Waals surface area contributed by atoms with Gasteiger partial charge in [-0.05, 0) is 72.4 Å². The minimum Gasteiger partial charge on any atom is -0.326 e. The van der Waals surface area contributed by atoms with Crippen LogP contribution in [0, 0.1) is 0 Å². The summed E-state index contributed by atoms with van der Waals surface area (Å²) in [5.41, 5.74) is 8.31. The van der Waals surface area contributed by atoms with Gasteiger partial charge in [-0.25, -0.2) is 9.78 Å². The highest BCUT2D eigenvalue weighted by atomic mass is 16.2. The van der Waals surface area contributed by atoms with Gasteiger partial charge in [0.25, 0.3) is 5.91 Å². The van der Waals surface area contributed by atoms with Gasteiger partial charge in [-0.1, -0.05) is 42.5 Å². The molecule has 7 aromatic rings. The monoisotopic (exact) mass is 604 g/mol. The van der Waals surface area contributed by atoms with Crippen LogP contribution in [0.4, 0.5) is 0 Å². The number of aryl methyl sites for hydroxylation is 1. The first-order valence-corrected chi connectivity index (χ1v) is 15.4. The molecular formula is C36H28N8O2. The summed E-state index contributed by atoms with van der Waals surface area (Å²) in [6, 6.07) is 24.7. The highest BCUT2D eigenvalue weighted by Crippen LogP contribution is 2.39. The molecule has 2 unspecified atom stereocenters. The van der Waals surface area contributed by atoms with E-state index in [-0.39, 0.29) is 29.5 Å². The Hall–Kier alpha value is -5.90. The first kappa shape index (κ1) is 26.5. The molecule has 0 spiro atoms. The fraction of sp³-hybridized carbons (Fsp3) is 0.167. The van der Waals surface area contributed by atoms with E-state index >= 15 is 0 Å². The van der Waals surface area contributed by atoms with Crippen molar-refractivity contribution in [3.63, 3.8) is 0 Å². The molecule has 6 heterocycles. The first-order chi connectivity index (χ1) is 22.5. The van der Waals surface area contributed by atoms with E-state index in [1.54, 1.807) is 22.4 Å². The average molecular weight is 605 g/mol. The Labute approximate surface area is 262 Å². The number of fused-ring (bicyclic) bond motifs is 6. The molecule has 0 radical (unpaired) electrons. The molecule has 4 aromatic heterocycles. The molecule has 224 valence electrons. The van der Waals surface area contributed by atoms with Crippen molar-refractivity contribution in [1.29, 1.82) is 0 Å². The molecule has 2 atom stereocenters. The molecule has 2 aliphatic rings. The van der Waals surface area contributed by atoms with Crippen molar-refractivity contribution in [2.75, 3.05) is 0 Å². The number of rotatable bonds is 4. The van der Waals surface area contributed by atoms with Crippen molar-refractivity contribution in [3.8, 4) is 16.8 Å². The highest BCUT2D eigenvalue weighted by molar-refractivity contribution is 6.05. The second kappa shape index (κ2) is 10.1. The van der Waals surface area contributed by atoms with E-state index in [1.807, 2.05) is 47.5 Å². The number of nitrogens with zero attached hydrogens (tertiary/aromatic N) is 7. The zero-order valence-corrected chi connectivity index (χ0v) is 25.0. The number of hydrogen-bond acceptors (Lipinski definition) is 6. The summed E-state index contributed by atoms with van der Waals surface area (Å²) in [6.07, 6.45) is 9.89. The molecule has 1 saturated heterocycles. The van der Waals surface area contributed by atoms with E-state index in [2.05, 4.69) is 62.6 Å². The molecule has 2 bridgehead atoms. The minimum atomic E-state index is -0.133. The van der Waals surface area contributed by atoms with E-state index in [4.69, 9.17) is 4.98 Å². The lowest BCUT2D eigenvalue weighted by Crippen LogP contribution is -2.43. The second-order valence-electron chi connectivity index (χ2n) is 12.1. The number of hydrogen-bond donors (Lipinski definition) is 1. The largest absolute Gasteiger partial charge is 0.333 e. The van der Waals surface area contributed by atoms with Crippen molar-refractivity contribution in [2.45, 2.75) is 31.3 Å². The average Bonchev–Trinajstić information content (AvgIpc) is 3.80. The molecule has 2 aliphatic heterocycles. The second-order valence-corrected chi connectivity index (χ2v) is 12.1. The molecule has 3 aromatic carbocycles. The molecule has 10 heteroatoms. The fourth-order valence-electron chi connectivity index (χ4n) is 7.26. The van der Waals surface area contributed by atoms with Crippen LogP contribution in [0.15, 0.2) is 102 Å². The quantitative estimate of drug-likeness (QED) is 0.277. The van der Waals surface area contributed by atoms with Crippen LogP contribution in [0.2, 0.25) is 0 Å². The maximum Gasteiger partial charge on any atom is 0.333 e. The number of pyridine rings is 2. The summed E-state index contributed by atoms with van der Waals surface area (Å²) in [6.45, 7) is 0. The summed E-state index contributed by atoms with van der Waals surface area (Å²) in [4.78, 5) is 42.2. The number of aromatic nitrogens is 7. The Bertz CT molecular complexity index is 2420. The molecular weight excluding hydrogens is 576 g/mol. The van der Waals surface area contributed by atoms with Crippen LogP contribution >= 0.6 is 0 Å². The van der Waals surface area contributed by atoms with Gasteiger partial charge in [0.1, 0.15) is 6.33 Å². The number of amides is 1. The molecule has 46 heavy (non-hydrogen) atoms. The normalized spacial score (nSPS) is 17.7. The lowest BCUT2D eigenvalue weighted by atomic mass is 9.94. The van der Waals surface area contributed by atoms with Crippen molar-refractivity contribution in [1.82, 2.24) is 39.2 Å². The number of benzene rings is 3. The van der Waals surface area contributed by atoms with Crippen LogP contribution in [0.25, 0.3) is 55.2 Å². The van der Waals surface area contributed by atoms with Crippen molar-refractivity contribution in [2.24, 2.45) is 7.05 Å². The van der Waals surface area contributed by atoms with Gasteiger partial charge < -0.3 is 4.90 Å². The van der Waals surface area contributed by atoms with Crippen LogP contribution in [0.3, 0.4) is 0 Å². The zero-order chi connectivity index (χ0) is 30.9. The summed E-state index contributed by atoms with van der Waals surface area (Å²) >= 11 is 0. The van der Waals surface area contributed by atoms with Crippen molar-refractivity contribution < 1.29 is 4.79 Å². The van der Waals surface area contributed by atoms with Gasteiger partial charge in [-0.3, -0.25) is 29.0 Å². The summed E-state index contributed by atoms with van der Waals surface area (Å²) < 4.78 is 3.43. The number of imidazole rings is 1. The molecule has 10 nitrogen and oxygen atoms in total. The topological polar surface area (TPSA) is 115 Å². The first-order valence-electron chi connectivity index (χ1n) is 15.4. The van der Waals surface area contributed by atoms with Gasteiger partial charge in [-0.2, -0.15) is 5.10 Å². The van der Waals surface area contributed by atoms with E-state index in [1.165, 1.54) is 11.9 Å². The van der Waals surface area contributed by atoms with Crippen LogP contribution in [-0.4, -0.2) is 57.2 Å². The van der Waals surface area contributed by atoms with Crippen LogP contribution < -0.4 is 5.69 Å². The summed E-state index contributed by atoms with van der Waals surface area (Å²) in [5.74, 6) is 0.176. The lowest BCUT2D eigenvalue weighted by Gasteiger charge is -2.33. The number of carbonyl (C=O) groups is 1. The van der Waals surface area contributed by atoms with Crippen molar-refractivity contribution in [3.05, 3.63) is 119 Å². The third-order valence-electron chi connectivity index (χ3n) is 9.55. The van der Waals surface area contributed by atoms with Gasteiger partial charge in [-0.15, -0.1) is 0 Å². The van der Waals surface area contributed by atoms with E-state index < -0.39 is 0 Å². The number of carbonyl (C=O) groups excluding carboxylic acids is 1. The Kier molecular flexibility index (Phi) is 5.80. The lowest BCUT2D eigenvalue weighted by molar-refractivity contribution is 0.0680. The number of H-pyrrole nitrogens is 1. The minimum absolute atomic E-state index is 0.0255. The Morgan fingerprint density at radius 2 is 1.70 bits per heavy atom. The SMILES string of the molecule is Cn1c(=O)n(-c2ccc(C3=CC4CCC(C3)N4C(=O)c3ncn[nH]3)cc2)c2c3cc(-c4cnc5ccccc5c4)ccc3ncc21. The standard InChI is InChI=1S/C36H28N8O2/c1-42-32-19-38-31-13-8-22(25-14-23-4-2-3-5-30(23)37-18-25)17-29(31)33(32)44(36(42)46)26-9-6-21(7-10-26)24-15-27-11-12-28(16-24)43(27)35(45)34-39-20-40-41-34/h2-10,13-15,17-20,27-28H,11-12,16H2,1H3,(H,39,40,41). The van der Waals surface area contributed by atoms with Gasteiger partial charge in [0.05, 0.1) is 40.0 Å². The van der Waals surface area contributed by atoms with Crippen LogP contribution in [-0.2, 0) is 7.05 Å².